The van der Waals surface area contributed by atoms with Crippen LogP contribution in [0.25, 0.3) is 5.69 Å². The Balaban J connectivity index is 1.94. The first-order valence-corrected chi connectivity index (χ1v) is 6.50. The Bertz CT molecular complexity index is 633. The van der Waals surface area contributed by atoms with Gasteiger partial charge in [0.15, 0.2) is 5.69 Å². The molecular weight excluding hydrogens is 270 g/mol. The maximum atomic E-state index is 11.9. The van der Waals surface area contributed by atoms with Crippen molar-refractivity contribution in [2.75, 3.05) is 18.8 Å². The minimum Gasteiger partial charge on any atom is -0.399 e. The number of nitrogen functional groups attached to an aromatic ring is 1. The first-order valence-electron chi connectivity index (χ1n) is 6.50. The number of rotatable bonds is 5. The molecule has 0 aliphatic heterocycles. The van der Waals surface area contributed by atoms with Crippen LogP contribution in [0.15, 0.2) is 36.5 Å². The van der Waals surface area contributed by atoms with Gasteiger partial charge in [-0.1, -0.05) is 0 Å². The van der Waals surface area contributed by atoms with E-state index in [4.69, 9.17) is 5.73 Å². The van der Waals surface area contributed by atoms with Crippen molar-refractivity contribution in [1.82, 2.24) is 20.4 Å². The van der Waals surface area contributed by atoms with Gasteiger partial charge in [-0.15, -0.1) is 0 Å². The summed E-state index contributed by atoms with van der Waals surface area (Å²) in [6.07, 6.45) is 1.70. The molecular formula is C14H17N5O2. The van der Waals surface area contributed by atoms with Gasteiger partial charge in [0.05, 0.1) is 5.69 Å². The summed E-state index contributed by atoms with van der Waals surface area (Å²) in [5.74, 6) is -0.411. The Morgan fingerprint density at radius 2 is 1.81 bits per heavy atom. The number of aromatic nitrogens is 2. The second-order valence-electron chi connectivity index (χ2n) is 4.48. The van der Waals surface area contributed by atoms with Gasteiger partial charge in [0.25, 0.3) is 5.91 Å². The van der Waals surface area contributed by atoms with Gasteiger partial charge < -0.3 is 16.4 Å². The summed E-state index contributed by atoms with van der Waals surface area (Å²) < 4.78 is 1.60. The summed E-state index contributed by atoms with van der Waals surface area (Å²) >= 11 is 0. The van der Waals surface area contributed by atoms with E-state index in [9.17, 15) is 9.59 Å². The molecule has 2 aromatic rings. The van der Waals surface area contributed by atoms with Gasteiger partial charge in [0.1, 0.15) is 0 Å². The molecule has 0 saturated heterocycles. The molecule has 2 rings (SSSR count). The first kappa shape index (κ1) is 14.6. The van der Waals surface area contributed by atoms with Gasteiger partial charge in [-0.25, -0.2) is 4.68 Å². The second-order valence-corrected chi connectivity index (χ2v) is 4.48. The maximum absolute atomic E-state index is 11.9. The standard InChI is InChI=1S/C14H17N5O2/c1-10(20)16-7-8-17-14(21)13-6-9-19(18-13)12-4-2-11(15)3-5-12/h2-6,9H,7-8,15H2,1H3,(H,16,20)(H,17,21). The summed E-state index contributed by atoms with van der Waals surface area (Å²) in [6, 6.07) is 8.81. The number of carbonyl (C=O) groups is 2. The molecule has 110 valence electrons. The van der Waals surface area contributed by atoms with Crippen LogP contribution in [-0.2, 0) is 4.79 Å². The third-order valence-corrected chi connectivity index (χ3v) is 2.76. The summed E-state index contributed by atoms with van der Waals surface area (Å²) in [5.41, 5.74) is 7.43. The molecule has 21 heavy (non-hydrogen) atoms. The molecule has 1 heterocycles. The van der Waals surface area contributed by atoms with Crippen molar-refractivity contribution < 1.29 is 9.59 Å². The monoisotopic (exact) mass is 287 g/mol. The average Bonchev–Trinajstić information content (AvgIpc) is 2.94. The Morgan fingerprint density at radius 3 is 2.48 bits per heavy atom. The fraction of sp³-hybridized carbons (Fsp3) is 0.214. The highest BCUT2D eigenvalue weighted by molar-refractivity contribution is 5.92. The summed E-state index contributed by atoms with van der Waals surface area (Å²) in [7, 11) is 0. The minimum absolute atomic E-state index is 0.128. The van der Waals surface area contributed by atoms with Gasteiger partial charge >= 0.3 is 0 Å². The number of nitrogens with zero attached hydrogens (tertiary/aromatic N) is 2. The first-order chi connectivity index (χ1) is 10.1. The van der Waals surface area contributed by atoms with Crippen LogP contribution >= 0.6 is 0 Å². The molecule has 0 saturated carbocycles. The summed E-state index contributed by atoms with van der Waals surface area (Å²) in [4.78, 5) is 22.6. The fourth-order valence-electron chi connectivity index (χ4n) is 1.72. The van der Waals surface area contributed by atoms with Crippen molar-refractivity contribution in [2.45, 2.75) is 6.92 Å². The van der Waals surface area contributed by atoms with Gasteiger partial charge in [-0.05, 0) is 30.3 Å². The molecule has 0 aliphatic carbocycles. The van der Waals surface area contributed by atoms with Crippen LogP contribution < -0.4 is 16.4 Å². The van der Waals surface area contributed by atoms with E-state index in [0.29, 0.717) is 24.5 Å². The van der Waals surface area contributed by atoms with Gasteiger partial charge in [-0.3, -0.25) is 9.59 Å². The van der Waals surface area contributed by atoms with E-state index in [0.717, 1.165) is 5.69 Å². The largest absolute Gasteiger partial charge is 0.399 e. The quantitative estimate of drug-likeness (QED) is 0.544. The topological polar surface area (TPSA) is 102 Å². The van der Waals surface area contributed by atoms with E-state index in [1.54, 1.807) is 29.1 Å². The van der Waals surface area contributed by atoms with Crippen LogP contribution in [0.3, 0.4) is 0 Å². The Morgan fingerprint density at radius 1 is 1.14 bits per heavy atom. The van der Waals surface area contributed by atoms with Crippen molar-refractivity contribution in [3.8, 4) is 5.69 Å². The van der Waals surface area contributed by atoms with Gasteiger partial charge in [0.2, 0.25) is 5.91 Å². The molecule has 7 nitrogen and oxygen atoms in total. The average molecular weight is 287 g/mol. The number of nitrogens with one attached hydrogen (secondary N) is 2. The molecule has 7 heteroatoms. The molecule has 0 radical (unpaired) electrons. The Labute approximate surface area is 122 Å². The highest BCUT2D eigenvalue weighted by Crippen LogP contribution is 2.10. The molecule has 0 aliphatic rings. The van der Waals surface area contributed by atoms with Crippen LogP contribution in [0.5, 0.6) is 0 Å². The molecule has 4 N–H and O–H groups in total. The van der Waals surface area contributed by atoms with Crippen molar-refractivity contribution in [3.05, 3.63) is 42.2 Å². The van der Waals surface area contributed by atoms with Crippen molar-refractivity contribution in [3.63, 3.8) is 0 Å². The molecule has 2 amide bonds. The van der Waals surface area contributed by atoms with E-state index >= 15 is 0 Å². The highest BCUT2D eigenvalue weighted by atomic mass is 16.2. The van der Waals surface area contributed by atoms with Crippen LogP contribution in [0.1, 0.15) is 17.4 Å². The van der Waals surface area contributed by atoms with E-state index in [1.165, 1.54) is 6.92 Å². The van der Waals surface area contributed by atoms with E-state index in [-0.39, 0.29) is 11.8 Å². The van der Waals surface area contributed by atoms with E-state index in [1.807, 2.05) is 12.1 Å². The summed E-state index contributed by atoms with van der Waals surface area (Å²) in [5, 5.41) is 9.48. The van der Waals surface area contributed by atoms with Crippen LogP contribution in [0, 0.1) is 0 Å². The lowest BCUT2D eigenvalue weighted by Gasteiger charge is -2.04. The molecule has 0 atom stereocenters. The Kier molecular flexibility index (Phi) is 4.55. The third kappa shape index (κ3) is 4.07. The molecule has 0 fully saturated rings. The Hall–Kier alpha value is -2.83. The maximum Gasteiger partial charge on any atom is 0.271 e. The van der Waals surface area contributed by atoms with Gasteiger partial charge in [0, 0.05) is 31.9 Å². The number of anilines is 1. The predicted octanol–water partition coefficient (Wildman–Crippen LogP) is 0.320. The number of hydrogen-bond acceptors (Lipinski definition) is 4. The van der Waals surface area contributed by atoms with Crippen LogP contribution in [-0.4, -0.2) is 34.7 Å². The zero-order valence-corrected chi connectivity index (χ0v) is 11.7. The third-order valence-electron chi connectivity index (χ3n) is 2.76. The smallest absolute Gasteiger partial charge is 0.271 e. The van der Waals surface area contributed by atoms with Crippen LogP contribution in [0.4, 0.5) is 5.69 Å². The lowest BCUT2D eigenvalue weighted by Crippen LogP contribution is -2.33. The lowest BCUT2D eigenvalue weighted by molar-refractivity contribution is -0.118. The van der Waals surface area contributed by atoms with Crippen molar-refractivity contribution in [1.29, 1.82) is 0 Å². The molecule has 0 bridgehead atoms. The number of hydrogen-bond donors (Lipinski definition) is 3. The number of benzene rings is 1. The normalized spacial score (nSPS) is 10.1. The van der Waals surface area contributed by atoms with E-state index in [2.05, 4.69) is 15.7 Å². The van der Waals surface area contributed by atoms with Crippen molar-refractivity contribution in [2.24, 2.45) is 0 Å². The highest BCUT2D eigenvalue weighted by Gasteiger charge is 2.09. The molecule has 1 aromatic carbocycles. The second kappa shape index (κ2) is 6.56. The minimum atomic E-state index is -0.283. The SMILES string of the molecule is CC(=O)NCCNC(=O)c1ccn(-c2ccc(N)cc2)n1. The zero-order chi connectivity index (χ0) is 15.2. The molecule has 0 spiro atoms. The van der Waals surface area contributed by atoms with Crippen LogP contribution in [0.2, 0.25) is 0 Å². The zero-order valence-electron chi connectivity index (χ0n) is 11.7. The fourth-order valence-corrected chi connectivity index (χ4v) is 1.72. The number of amides is 2. The molecule has 1 aromatic heterocycles. The number of nitrogens with two attached hydrogens (primary N) is 1. The lowest BCUT2D eigenvalue weighted by atomic mass is 10.3. The van der Waals surface area contributed by atoms with Crippen molar-refractivity contribution >= 4 is 17.5 Å². The predicted molar refractivity (Wildman–Crippen MR) is 79.0 cm³/mol. The number of carbonyl (C=O) groups excluding carboxylic acids is 2. The van der Waals surface area contributed by atoms with E-state index < -0.39 is 0 Å². The molecule has 0 unspecified atom stereocenters. The van der Waals surface area contributed by atoms with Gasteiger partial charge in [-0.2, -0.15) is 5.10 Å². The summed E-state index contributed by atoms with van der Waals surface area (Å²) in [6.45, 7) is 2.17.